The summed E-state index contributed by atoms with van der Waals surface area (Å²) in [5.74, 6) is -5.90. The Labute approximate surface area is 163 Å². The van der Waals surface area contributed by atoms with Crippen LogP contribution in [0.5, 0.6) is 0 Å². The molecule has 0 aromatic heterocycles. The molecule has 1 saturated heterocycles. The van der Waals surface area contributed by atoms with Gasteiger partial charge in [0.15, 0.2) is 11.2 Å². The minimum absolute atomic E-state index is 0.836. The van der Waals surface area contributed by atoms with Gasteiger partial charge in [0, 0.05) is 20.8 Å². The summed E-state index contributed by atoms with van der Waals surface area (Å²) in [6.07, 6.45) is 0. The summed E-state index contributed by atoms with van der Waals surface area (Å²) in [7, 11) is 1.07. The van der Waals surface area contributed by atoms with E-state index >= 15 is 0 Å². The van der Waals surface area contributed by atoms with Gasteiger partial charge in [-0.1, -0.05) is 0 Å². The Balaban J connectivity index is 4.02. The Kier molecular flexibility index (Phi) is 5.96. The van der Waals surface area contributed by atoms with Crippen LogP contribution in [0, 0.1) is 0 Å². The van der Waals surface area contributed by atoms with Gasteiger partial charge in [0.1, 0.15) is 0 Å². The van der Waals surface area contributed by atoms with Gasteiger partial charge in [-0.25, -0.2) is 4.79 Å². The zero-order chi connectivity index (χ0) is 22.3. The summed E-state index contributed by atoms with van der Waals surface area (Å²) < 4.78 is 26.8. The first kappa shape index (κ1) is 23.8. The van der Waals surface area contributed by atoms with E-state index in [2.05, 4.69) is 0 Å². The van der Waals surface area contributed by atoms with Crippen molar-refractivity contribution in [1.82, 2.24) is 0 Å². The fraction of sp³-hybridized carbons (Fsp3) is 0.778. The van der Waals surface area contributed by atoms with Crippen molar-refractivity contribution in [2.24, 2.45) is 0 Å². The molecule has 0 amide bonds. The standard InChI is InChI=1S/C18H28O10/c1-10(19)25-15(5)14(4,13(22)24-9)28-18(8,23)17(7,27-12(3)21)16(15,6)26-11(2)20/h23H,1-9H3/t14-,15-,16-,17-,18-/m0/s1. The second-order valence-electron chi connectivity index (χ2n) is 7.49. The van der Waals surface area contributed by atoms with E-state index in [4.69, 9.17) is 23.7 Å². The maximum Gasteiger partial charge on any atom is 0.342 e. The van der Waals surface area contributed by atoms with Crippen LogP contribution in [0.25, 0.3) is 0 Å². The van der Waals surface area contributed by atoms with E-state index in [0.717, 1.165) is 34.8 Å². The second-order valence-corrected chi connectivity index (χ2v) is 7.49. The van der Waals surface area contributed by atoms with E-state index in [1.54, 1.807) is 0 Å². The number of esters is 4. The Morgan fingerprint density at radius 1 is 0.714 bits per heavy atom. The number of ether oxygens (including phenoxy) is 5. The minimum Gasteiger partial charge on any atom is -0.467 e. The average Bonchev–Trinajstić information content (AvgIpc) is 2.49. The van der Waals surface area contributed by atoms with Gasteiger partial charge in [-0.05, 0) is 34.6 Å². The Hall–Kier alpha value is -2.20. The van der Waals surface area contributed by atoms with E-state index < -0.39 is 52.1 Å². The summed E-state index contributed by atoms with van der Waals surface area (Å²) >= 11 is 0. The number of hydrogen-bond donors (Lipinski definition) is 1. The molecule has 1 N–H and O–H groups in total. The van der Waals surface area contributed by atoms with Crippen molar-refractivity contribution in [3.05, 3.63) is 0 Å². The molecule has 160 valence electrons. The van der Waals surface area contributed by atoms with Gasteiger partial charge >= 0.3 is 23.9 Å². The van der Waals surface area contributed by atoms with Crippen LogP contribution in [0.15, 0.2) is 0 Å². The molecular formula is C18H28O10. The fourth-order valence-electron chi connectivity index (χ4n) is 3.82. The highest BCUT2D eigenvalue weighted by Gasteiger charge is 2.82. The number of aliphatic hydroxyl groups is 1. The number of methoxy groups -OCH3 is 1. The Morgan fingerprint density at radius 3 is 1.43 bits per heavy atom. The topological polar surface area (TPSA) is 135 Å². The second kappa shape index (κ2) is 7.00. The van der Waals surface area contributed by atoms with Gasteiger partial charge in [0.2, 0.25) is 17.0 Å². The first-order chi connectivity index (χ1) is 12.4. The highest BCUT2D eigenvalue weighted by Crippen LogP contribution is 2.58. The first-order valence-corrected chi connectivity index (χ1v) is 8.54. The molecule has 28 heavy (non-hydrogen) atoms. The van der Waals surface area contributed by atoms with E-state index in [1.807, 2.05) is 0 Å². The molecule has 10 nitrogen and oxygen atoms in total. The summed E-state index contributed by atoms with van der Waals surface area (Å²) in [4.78, 5) is 48.4. The van der Waals surface area contributed by atoms with Gasteiger partial charge < -0.3 is 28.8 Å². The van der Waals surface area contributed by atoms with E-state index in [0.29, 0.717) is 0 Å². The maximum atomic E-state index is 12.7. The molecule has 10 heteroatoms. The summed E-state index contributed by atoms with van der Waals surface area (Å²) in [6.45, 7) is 9.37. The van der Waals surface area contributed by atoms with E-state index in [1.165, 1.54) is 27.7 Å². The van der Waals surface area contributed by atoms with Crippen molar-refractivity contribution >= 4 is 23.9 Å². The predicted octanol–water partition coefficient (Wildman–Crippen LogP) is 0.622. The Morgan fingerprint density at radius 2 is 1.07 bits per heavy atom. The zero-order valence-corrected chi connectivity index (χ0v) is 17.6. The number of hydrogen-bond acceptors (Lipinski definition) is 10. The van der Waals surface area contributed by atoms with E-state index in [9.17, 15) is 24.3 Å². The molecule has 0 aliphatic carbocycles. The van der Waals surface area contributed by atoms with Crippen LogP contribution >= 0.6 is 0 Å². The van der Waals surface area contributed by atoms with Crippen molar-refractivity contribution in [3.63, 3.8) is 0 Å². The quantitative estimate of drug-likeness (QED) is 0.525. The van der Waals surface area contributed by atoms with Crippen LogP contribution < -0.4 is 0 Å². The van der Waals surface area contributed by atoms with Gasteiger partial charge in [-0.15, -0.1) is 0 Å². The predicted molar refractivity (Wildman–Crippen MR) is 92.6 cm³/mol. The first-order valence-electron chi connectivity index (χ1n) is 8.54. The molecule has 0 spiro atoms. The molecule has 0 saturated carbocycles. The van der Waals surface area contributed by atoms with Crippen LogP contribution in [0.2, 0.25) is 0 Å². The molecule has 0 bridgehead atoms. The molecule has 1 aliphatic heterocycles. The lowest BCUT2D eigenvalue weighted by atomic mass is 9.60. The van der Waals surface area contributed by atoms with Gasteiger partial charge in [-0.2, -0.15) is 0 Å². The van der Waals surface area contributed by atoms with Gasteiger partial charge in [-0.3, -0.25) is 14.4 Å². The third-order valence-electron chi connectivity index (χ3n) is 5.64. The highest BCUT2D eigenvalue weighted by molar-refractivity contribution is 5.83. The molecule has 0 radical (unpaired) electrons. The van der Waals surface area contributed by atoms with Crippen LogP contribution in [0.4, 0.5) is 0 Å². The molecule has 0 unspecified atom stereocenters. The average molecular weight is 404 g/mol. The highest BCUT2D eigenvalue weighted by atomic mass is 16.7. The minimum atomic E-state index is -2.37. The molecule has 0 aromatic rings. The number of rotatable bonds is 4. The Bertz CT molecular complexity index is 700. The summed E-state index contributed by atoms with van der Waals surface area (Å²) in [5.41, 5.74) is -8.43. The van der Waals surface area contributed by atoms with Crippen LogP contribution in [-0.4, -0.2) is 64.3 Å². The number of carbonyl (C=O) groups excluding carboxylic acids is 4. The molecule has 1 heterocycles. The van der Waals surface area contributed by atoms with Crippen molar-refractivity contribution in [3.8, 4) is 0 Å². The monoisotopic (exact) mass is 404 g/mol. The molecule has 0 aromatic carbocycles. The third kappa shape index (κ3) is 3.14. The van der Waals surface area contributed by atoms with Crippen LogP contribution in [0.3, 0.4) is 0 Å². The molecule has 1 rings (SSSR count). The van der Waals surface area contributed by atoms with Crippen molar-refractivity contribution in [2.75, 3.05) is 7.11 Å². The van der Waals surface area contributed by atoms with E-state index in [-0.39, 0.29) is 0 Å². The fourth-order valence-corrected chi connectivity index (χ4v) is 3.82. The molecular weight excluding hydrogens is 376 g/mol. The maximum absolute atomic E-state index is 12.7. The zero-order valence-electron chi connectivity index (χ0n) is 17.6. The van der Waals surface area contributed by atoms with Crippen molar-refractivity contribution in [2.45, 2.75) is 83.6 Å². The van der Waals surface area contributed by atoms with Crippen LogP contribution in [-0.2, 0) is 42.9 Å². The van der Waals surface area contributed by atoms with Gasteiger partial charge in [0.25, 0.3) is 0 Å². The SMILES string of the molecule is COC(=O)[C@]1(C)O[C@](C)(O)[C@@](C)(OC(C)=O)[C@@](C)(OC(C)=O)[C@@]1(C)OC(C)=O. The molecule has 1 fully saturated rings. The summed E-state index contributed by atoms with van der Waals surface area (Å²) in [6, 6.07) is 0. The molecule has 5 atom stereocenters. The lowest BCUT2D eigenvalue weighted by molar-refractivity contribution is -0.437. The molecule has 1 aliphatic rings. The smallest absolute Gasteiger partial charge is 0.342 e. The normalized spacial score (nSPS) is 40.2. The largest absolute Gasteiger partial charge is 0.467 e. The number of carbonyl (C=O) groups is 4. The van der Waals surface area contributed by atoms with Crippen LogP contribution in [0.1, 0.15) is 55.4 Å². The lowest BCUT2D eigenvalue weighted by Gasteiger charge is -2.65. The third-order valence-corrected chi connectivity index (χ3v) is 5.64. The summed E-state index contributed by atoms with van der Waals surface area (Å²) in [5, 5.41) is 11.1. The van der Waals surface area contributed by atoms with Crippen molar-refractivity contribution < 1.29 is 48.0 Å². The lowest BCUT2D eigenvalue weighted by Crippen LogP contribution is -2.87. The van der Waals surface area contributed by atoms with Gasteiger partial charge in [0.05, 0.1) is 7.11 Å². The van der Waals surface area contributed by atoms with Crippen molar-refractivity contribution in [1.29, 1.82) is 0 Å².